The van der Waals surface area contributed by atoms with E-state index in [0.29, 0.717) is 5.56 Å². The molecule has 0 bridgehead atoms. The van der Waals surface area contributed by atoms with E-state index in [1.807, 2.05) is 0 Å². The number of nitrogens with one attached hydrogen (secondary N) is 1. The van der Waals surface area contributed by atoms with Crippen LogP contribution < -0.4 is 0 Å². The number of hydrogen-bond acceptors (Lipinski definition) is 2. The van der Waals surface area contributed by atoms with Gasteiger partial charge < -0.3 is 15.2 Å². The lowest BCUT2D eigenvalue weighted by Crippen LogP contribution is -2.34. The molecule has 12 heavy (non-hydrogen) atoms. The van der Waals surface area contributed by atoms with Gasteiger partial charge in [-0.25, -0.2) is 4.79 Å². The van der Waals surface area contributed by atoms with E-state index in [2.05, 4.69) is 4.98 Å². The number of rotatable bonds is 3. The zero-order valence-electron chi connectivity index (χ0n) is 6.74. The Morgan fingerprint density at radius 1 is 1.75 bits per heavy atom. The molecule has 66 valence electrons. The topological polar surface area (TPSA) is 73.3 Å². The molecule has 0 fully saturated rings. The summed E-state index contributed by atoms with van der Waals surface area (Å²) in [5.74, 6) is -1.22. The number of aliphatic carboxylic acids is 1. The molecular weight excluding hydrogens is 158 g/mol. The highest BCUT2D eigenvalue weighted by Crippen LogP contribution is 2.24. The molecule has 0 saturated heterocycles. The highest BCUT2D eigenvalue weighted by Gasteiger charge is 2.36. The fourth-order valence-corrected chi connectivity index (χ4v) is 1.06. The lowest BCUT2D eigenvalue weighted by Gasteiger charge is -2.19. The number of aromatic nitrogens is 1. The summed E-state index contributed by atoms with van der Waals surface area (Å²) in [7, 11) is 0. The average Bonchev–Trinajstić information content (AvgIpc) is 2.54. The Kier molecular flexibility index (Phi) is 2.19. The maximum absolute atomic E-state index is 10.7. The van der Waals surface area contributed by atoms with Crippen LogP contribution in [0.1, 0.15) is 18.9 Å². The van der Waals surface area contributed by atoms with Gasteiger partial charge in [0.15, 0.2) is 5.60 Å². The lowest BCUT2D eigenvalue weighted by atomic mass is 9.94. The van der Waals surface area contributed by atoms with Crippen molar-refractivity contribution in [3.63, 3.8) is 0 Å². The zero-order valence-corrected chi connectivity index (χ0v) is 6.74. The van der Waals surface area contributed by atoms with E-state index in [4.69, 9.17) is 5.11 Å². The molecule has 1 rings (SSSR count). The standard InChI is InChI=1S/C8H11NO3/c1-2-8(12,7(10)11)6-3-4-9-5-6/h3-5,9,12H,2H2,1H3,(H,10,11). The van der Waals surface area contributed by atoms with Crippen molar-refractivity contribution in [3.05, 3.63) is 24.0 Å². The van der Waals surface area contributed by atoms with E-state index in [1.54, 1.807) is 19.2 Å². The lowest BCUT2D eigenvalue weighted by molar-refractivity contribution is -0.160. The van der Waals surface area contributed by atoms with Crippen molar-refractivity contribution in [2.24, 2.45) is 0 Å². The van der Waals surface area contributed by atoms with Crippen LogP contribution in [0.4, 0.5) is 0 Å². The summed E-state index contributed by atoms with van der Waals surface area (Å²) in [4.78, 5) is 13.4. The fourth-order valence-electron chi connectivity index (χ4n) is 1.06. The molecule has 4 nitrogen and oxygen atoms in total. The predicted molar refractivity (Wildman–Crippen MR) is 42.6 cm³/mol. The van der Waals surface area contributed by atoms with Crippen molar-refractivity contribution >= 4 is 5.97 Å². The Balaban J connectivity index is 3.04. The molecule has 1 atom stereocenters. The van der Waals surface area contributed by atoms with Crippen molar-refractivity contribution in [2.45, 2.75) is 18.9 Å². The molecule has 0 saturated carbocycles. The van der Waals surface area contributed by atoms with E-state index in [9.17, 15) is 9.90 Å². The number of aromatic amines is 1. The number of H-pyrrole nitrogens is 1. The van der Waals surface area contributed by atoms with Crippen molar-refractivity contribution in [1.82, 2.24) is 4.98 Å². The minimum absolute atomic E-state index is 0.153. The average molecular weight is 169 g/mol. The molecular formula is C8H11NO3. The molecule has 3 N–H and O–H groups in total. The van der Waals surface area contributed by atoms with E-state index in [-0.39, 0.29) is 6.42 Å². The van der Waals surface area contributed by atoms with Crippen LogP contribution in [0.25, 0.3) is 0 Å². The van der Waals surface area contributed by atoms with Crippen LogP contribution in [-0.2, 0) is 10.4 Å². The van der Waals surface area contributed by atoms with Crippen LogP contribution in [0.5, 0.6) is 0 Å². The summed E-state index contributed by atoms with van der Waals surface area (Å²) in [5.41, 5.74) is -1.36. The SMILES string of the molecule is CCC(O)(C(=O)O)c1cc[nH]c1. The summed E-state index contributed by atoms with van der Waals surface area (Å²) in [5, 5.41) is 18.4. The van der Waals surface area contributed by atoms with Gasteiger partial charge in [0, 0.05) is 18.0 Å². The normalized spacial score (nSPS) is 15.5. The summed E-state index contributed by atoms with van der Waals surface area (Å²) in [6.07, 6.45) is 3.22. The smallest absolute Gasteiger partial charge is 0.340 e. The van der Waals surface area contributed by atoms with Crippen LogP contribution in [0, 0.1) is 0 Å². The van der Waals surface area contributed by atoms with E-state index in [1.165, 1.54) is 6.20 Å². The Labute approximate surface area is 69.9 Å². The Hall–Kier alpha value is -1.29. The van der Waals surface area contributed by atoms with Crippen molar-refractivity contribution in [1.29, 1.82) is 0 Å². The van der Waals surface area contributed by atoms with Crippen LogP contribution in [0.15, 0.2) is 18.5 Å². The van der Waals surface area contributed by atoms with Gasteiger partial charge in [0.2, 0.25) is 0 Å². The molecule has 0 aliphatic heterocycles. The first-order valence-electron chi connectivity index (χ1n) is 3.70. The first-order valence-corrected chi connectivity index (χ1v) is 3.70. The van der Waals surface area contributed by atoms with Gasteiger partial charge in [-0.05, 0) is 12.5 Å². The zero-order chi connectivity index (χ0) is 9.19. The minimum atomic E-state index is -1.75. The summed E-state index contributed by atoms with van der Waals surface area (Å²) in [6, 6.07) is 1.55. The minimum Gasteiger partial charge on any atom is -0.479 e. The van der Waals surface area contributed by atoms with Crippen LogP contribution in [0.3, 0.4) is 0 Å². The molecule has 0 aromatic carbocycles. The van der Waals surface area contributed by atoms with Gasteiger partial charge in [0.1, 0.15) is 0 Å². The number of aliphatic hydroxyl groups is 1. The van der Waals surface area contributed by atoms with Crippen molar-refractivity contribution in [2.75, 3.05) is 0 Å². The quantitative estimate of drug-likeness (QED) is 0.623. The molecule has 0 aliphatic carbocycles. The van der Waals surface area contributed by atoms with Gasteiger partial charge in [0.05, 0.1) is 0 Å². The first-order chi connectivity index (χ1) is 5.61. The third-order valence-corrected chi connectivity index (χ3v) is 1.94. The van der Waals surface area contributed by atoms with Gasteiger partial charge in [-0.1, -0.05) is 6.92 Å². The van der Waals surface area contributed by atoms with Gasteiger partial charge >= 0.3 is 5.97 Å². The number of hydrogen-bond donors (Lipinski definition) is 3. The van der Waals surface area contributed by atoms with Crippen LogP contribution in [-0.4, -0.2) is 21.2 Å². The monoisotopic (exact) mass is 169 g/mol. The van der Waals surface area contributed by atoms with Crippen molar-refractivity contribution in [3.8, 4) is 0 Å². The highest BCUT2D eigenvalue weighted by atomic mass is 16.4. The van der Waals surface area contributed by atoms with E-state index < -0.39 is 11.6 Å². The van der Waals surface area contributed by atoms with Crippen LogP contribution >= 0.6 is 0 Å². The molecule has 1 unspecified atom stereocenters. The Bertz CT molecular complexity index is 268. The number of carboxylic acids is 1. The van der Waals surface area contributed by atoms with Crippen molar-refractivity contribution < 1.29 is 15.0 Å². The molecule has 0 amide bonds. The number of carbonyl (C=O) groups is 1. The van der Waals surface area contributed by atoms with Gasteiger partial charge in [-0.3, -0.25) is 0 Å². The first kappa shape index (κ1) is 8.80. The molecule has 0 radical (unpaired) electrons. The van der Waals surface area contributed by atoms with Gasteiger partial charge in [-0.15, -0.1) is 0 Å². The maximum Gasteiger partial charge on any atom is 0.340 e. The molecule has 1 aromatic heterocycles. The Morgan fingerprint density at radius 3 is 2.75 bits per heavy atom. The third kappa shape index (κ3) is 1.21. The second kappa shape index (κ2) is 2.98. The molecule has 1 aromatic rings. The molecule has 1 heterocycles. The number of carboxylic acid groups (broad SMARTS) is 1. The summed E-state index contributed by atoms with van der Waals surface area (Å²) < 4.78 is 0. The molecule has 0 aliphatic rings. The Morgan fingerprint density at radius 2 is 2.42 bits per heavy atom. The molecule has 4 heteroatoms. The summed E-state index contributed by atoms with van der Waals surface area (Å²) in [6.45, 7) is 1.63. The van der Waals surface area contributed by atoms with Crippen LogP contribution in [0.2, 0.25) is 0 Å². The largest absolute Gasteiger partial charge is 0.479 e. The van der Waals surface area contributed by atoms with E-state index in [0.717, 1.165) is 0 Å². The summed E-state index contributed by atoms with van der Waals surface area (Å²) >= 11 is 0. The third-order valence-electron chi connectivity index (χ3n) is 1.94. The van der Waals surface area contributed by atoms with E-state index >= 15 is 0 Å². The fraction of sp³-hybridized carbons (Fsp3) is 0.375. The second-order valence-electron chi connectivity index (χ2n) is 2.62. The maximum atomic E-state index is 10.7. The molecule has 0 spiro atoms. The van der Waals surface area contributed by atoms with Gasteiger partial charge in [0.25, 0.3) is 0 Å². The predicted octanol–water partition coefficient (Wildman–Crippen LogP) is 0.697. The second-order valence-corrected chi connectivity index (χ2v) is 2.62. The van der Waals surface area contributed by atoms with Gasteiger partial charge in [-0.2, -0.15) is 0 Å². The highest BCUT2D eigenvalue weighted by molar-refractivity contribution is 5.78.